The van der Waals surface area contributed by atoms with E-state index in [1.165, 1.54) is 12.1 Å². The molecule has 7 nitrogen and oxygen atoms in total. The number of carbonyl (C=O) groups excluding carboxylic acids is 1. The molecule has 1 amide bonds. The summed E-state index contributed by atoms with van der Waals surface area (Å²) in [6.07, 6.45) is 3.14. The van der Waals surface area contributed by atoms with Crippen LogP contribution < -0.4 is 10.1 Å². The molecule has 4 aromatic rings. The Bertz CT molecular complexity index is 1450. The summed E-state index contributed by atoms with van der Waals surface area (Å²) < 4.78 is 52.2. The fourth-order valence-corrected chi connectivity index (χ4v) is 4.26. The molecule has 5 rings (SSSR count). The third kappa shape index (κ3) is 5.86. The van der Waals surface area contributed by atoms with E-state index in [0.29, 0.717) is 24.7 Å². The number of carbonyl (C=O) groups is 1. The van der Waals surface area contributed by atoms with E-state index in [0.717, 1.165) is 40.9 Å². The fraction of sp³-hybridized carbons (Fsp3) is 0.250. The van der Waals surface area contributed by atoms with Gasteiger partial charge >= 0.3 is 6.18 Å². The minimum Gasteiger partial charge on any atom is -0.487 e. The number of ether oxygens (including phenoxy) is 2. The number of aryl methyl sites for hydroxylation is 1. The van der Waals surface area contributed by atoms with E-state index in [4.69, 9.17) is 9.47 Å². The zero-order chi connectivity index (χ0) is 26.7. The van der Waals surface area contributed by atoms with Gasteiger partial charge in [0.05, 0.1) is 37.1 Å². The zero-order valence-electron chi connectivity index (χ0n) is 20.5. The quantitative estimate of drug-likeness (QED) is 0.341. The highest BCUT2D eigenvalue weighted by atomic mass is 19.4. The Labute approximate surface area is 217 Å². The van der Waals surface area contributed by atoms with Gasteiger partial charge in [-0.1, -0.05) is 24.3 Å². The third-order valence-electron chi connectivity index (χ3n) is 6.21. The van der Waals surface area contributed by atoms with Crippen LogP contribution in [0.4, 0.5) is 18.9 Å². The first-order chi connectivity index (χ1) is 18.3. The van der Waals surface area contributed by atoms with E-state index in [-0.39, 0.29) is 18.1 Å². The predicted octanol–water partition coefficient (Wildman–Crippen LogP) is 5.61. The summed E-state index contributed by atoms with van der Waals surface area (Å²) in [6, 6.07) is 11.9. The Kier molecular flexibility index (Phi) is 7.15. The maximum Gasteiger partial charge on any atom is 0.416 e. The van der Waals surface area contributed by atoms with Crippen molar-refractivity contribution in [3.8, 4) is 22.6 Å². The zero-order valence-corrected chi connectivity index (χ0v) is 20.5. The van der Waals surface area contributed by atoms with Crippen molar-refractivity contribution < 1.29 is 27.4 Å². The Morgan fingerprint density at radius 1 is 1.18 bits per heavy atom. The lowest BCUT2D eigenvalue weighted by atomic mass is 10.1. The molecule has 1 N–H and O–H groups in total. The summed E-state index contributed by atoms with van der Waals surface area (Å²) >= 11 is 0. The standard InChI is InChI=1S/C28H25F3N4O3/c1-18-5-6-22(34-27(36)12-19-3-2-4-21(11-19)28(29,30)31)13-25(18)35-16-20(14-33-35)24-15-32-9-7-26(24)38-23-8-10-37-17-23/h2-7,9,11,13-16,23H,8,10,12,17H2,1H3,(H,34,36). The maximum atomic E-state index is 13.0. The average molecular weight is 523 g/mol. The smallest absolute Gasteiger partial charge is 0.416 e. The number of alkyl halides is 3. The topological polar surface area (TPSA) is 78.3 Å². The predicted molar refractivity (Wildman–Crippen MR) is 135 cm³/mol. The van der Waals surface area contributed by atoms with E-state index in [1.54, 1.807) is 35.4 Å². The lowest BCUT2D eigenvalue weighted by Gasteiger charge is -2.14. The number of aromatic nitrogens is 3. The van der Waals surface area contributed by atoms with E-state index in [2.05, 4.69) is 15.4 Å². The van der Waals surface area contributed by atoms with Gasteiger partial charge in [0.2, 0.25) is 5.91 Å². The van der Waals surface area contributed by atoms with Crippen LogP contribution in [0.25, 0.3) is 16.8 Å². The average Bonchev–Trinajstić information content (AvgIpc) is 3.58. The second-order valence-electron chi connectivity index (χ2n) is 9.07. The molecule has 2 aromatic carbocycles. The molecule has 3 heterocycles. The highest BCUT2D eigenvalue weighted by Gasteiger charge is 2.30. The van der Waals surface area contributed by atoms with Crippen LogP contribution in [-0.2, 0) is 22.1 Å². The molecule has 0 aliphatic carbocycles. The number of anilines is 1. The second kappa shape index (κ2) is 10.7. The second-order valence-corrected chi connectivity index (χ2v) is 9.07. The first-order valence-corrected chi connectivity index (χ1v) is 12.1. The van der Waals surface area contributed by atoms with Crippen LogP contribution in [0.15, 0.2) is 73.3 Å². The monoisotopic (exact) mass is 522 g/mol. The van der Waals surface area contributed by atoms with Gasteiger partial charge in [0, 0.05) is 41.8 Å². The van der Waals surface area contributed by atoms with Crippen molar-refractivity contribution in [2.45, 2.75) is 32.0 Å². The molecule has 196 valence electrons. The number of nitrogens with zero attached hydrogens (tertiary/aromatic N) is 3. The van der Waals surface area contributed by atoms with Gasteiger partial charge in [0.15, 0.2) is 0 Å². The van der Waals surface area contributed by atoms with Crippen molar-refractivity contribution >= 4 is 11.6 Å². The number of hydrogen-bond acceptors (Lipinski definition) is 5. The van der Waals surface area contributed by atoms with Gasteiger partial charge in [0.1, 0.15) is 11.9 Å². The lowest BCUT2D eigenvalue weighted by Crippen LogP contribution is -2.16. The molecule has 10 heteroatoms. The Morgan fingerprint density at radius 3 is 2.84 bits per heavy atom. The lowest BCUT2D eigenvalue weighted by molar-refractivity contribution is -0.137. The van der Waals surface area contributed by atoms with Crippen LogP contribution in [0.2, 0.25) is 0 Å². The first kappa shape index (κ1) is 25.5. The van der Waals surface area contributed by atoms with Crippen LogP contribution in [-0.4, -0.2) is 40.0 Å². The van der Waals surface area contributed by atoms with Crippen LogP contribution >= 0.6 is 0 Å². The highest BCUT2D eigenvalue weighted by Crippen LogP contribution is 2.32. The summed E-state index contributed by atoms with van der Waals surface area (Å²) in [5.41, 5.74) is 3.27. The number of benzene rings is 2. The number of nitrogens with one attached hydrogen (secondary N) is 1. The fourth-order valence-electron chi connectivity index (χ4n) is 4.26. The van der Waals surface area contributed by atoms with Crippen molar-refractivity contribution in [3.63, 3.8) is 0 Å². The Balaban J connectivity index is 1.33. The van der Waals surface area contributed by atoms with Gasteiger partial charge in [-0.05, 0) is 42.3 Å². The van der Waals surface area contributed by atoms with Gasteiger partial charge in [-0.2, -0.15) is 18.3 Å². The Hall–Kier alpha value is -4.18. The number of halogens is 3. The van der Waals surface area contributed by atoms with Crippen LogP contribution in [0.1, 0.15) is 23.1 Å². The molecule has 0 bridgehead atoms. The number of hydrogen-bond donors (Lipinski definition) is 1. The summed E-state index contributed by atoms with van der Waals surface area (Å²) in [5, 5.41) is 7.28. The molecule has 0 radical (unpaired) electrons. The van der Waals surface area contributed by atoms with Gasteiger partial charge < -0.3 is 14.8 Å². The van der Waals surface area contributed by atoms with Gasteiger partial charge in [0.25, 0.3) is 0 Å². The van der Waals surface area contributed by atoms with Crippen molar-refractivity contribution in [3.05, 3.63) is 90.0 Å². The van der Waals surface area contributed by atoms with E-state index >= 15 is 0 Å². The molecule has 1 fully saturated rings. The van der Waals surface area contributed by atoms with E-state index < -0.39 is 17.6 Å². The summed E-state index contributed by atoms with van der Waals surface area (Å²) in [5.74, 6) is 0.274. The Morgan fingerprint density at radius 2 is 2.05 bits per heavy atom. The van der Waals surface area contributed by atoms with Crippen molar-refractivity contribution in [2.24, 2.45) is 0 Å². The SMILES string of the molecule is Cc1ccc(NC(=O)Cc2cccc(C(F)(F)F)c2)cc1-n1cc(-c2cnccc2OC2CCOC2)cn1. The van der Waals surface area contributed by atoms with Crippen LogP contribution in [0.3, 0.4) is 0 Å². The summed E-state index contributed by atoms with van der Waals surface area (Å²) in [7, 11) is 0. The first-order valence-electron chi connectivity index (χ1n) is 12.1. The molecule has 0 spiro atoms. The van der Waals surface area contributed by atoms with Crippen molar-refractivity contribution in [1.82, 2.24) is 14.8 Å². The van der Waals surface area contributed by atoms with Crippen molar-refractivity contribution in [1.29, 1.82) is 0 Å². The minimum absolute atomic E-state index is 0.00957. The van der Waals surface area contributed by atoms with Gasteiger partial charge in [-0.3, -0.25) is 9.78 Å². The van der Waals surface area contributed by atoms with Crippen LogP contribution in [0, 0.1) is 6.92 Å². The molecule has 1 unspecified atom stereocenters. The molecule has 0 saturated carbocycles. The molecular weight excluding hydrogens is 497 g/mol. The molecule has 38 heavy (non-hydrogen) atoms. The maximum absolute atomic E-state index is 13.0. The van der Waals surface area contributed by atoms with Gasteiger partial charge in [-0.25, -0.2) is 4.68 Å². The molecule has 1 aliphatic rings. The number of rotatable bonds is 7. The van der Waals surface area contributed by atoms with Crippen LogP contribution in [0.5, 0.6) is 5.75 Å². The third-order valence-corrected chi connectivity index (χ3v) is 6.21. The van der Waals surface area contributed by atoms with E-state index in [9.17, 15) is 18.0 Å². The minimum atomic E-state index is -4.46. The number of amides is 1. The molecule has 1 atom stereocenters. The normalized spacial score (nSPS) is 15.4. The molecule has 1 aliphatic heterocycles. The highest BCUT2D eigenvalue weighted by molar-refractivity contribution is 5.92. The number of pyridine rings is 1. The van der Waals surface area contributed by atoms with Gasteiger partial charge in [-0.15, -0.1) is 0 Å². The summed E-state index contributed by atoms with van der Waals surface area (Å²) in [6.45, 7) is 3.14. The molecule has 2 aromatic heterocycles. The molecule has 1 saturated heterocycles. The largest absolute Gasteiger partial charge is 0.487 e. The molecular formula is C28H25F3N4O3. The summed E-state index contributed by atoms with van der Waals surface area (Å²) in [4.78, 5) is 16.8. The van der Waals surface area contributed by atoms with Crippen molar-refractivity contribution in [2.75, 3.05) is 18.5 Å². The van der Waals surface area contributed by atoms with E-state index in [1.807, 2.05) is 25.3 Å².